The quantitative estimate of drug-likeness (QED) is 0.781. The zero-order valence-electron chi connectivity index (χ0n) is 9.68. The van der Waals surface area contributed by atoms with Crippen LogP contribution in [0.15, 0.2) is 0 Å². The average Bonchev–Trinajstić information content (AvgIpc) is 2.13. The van der Waals surface area contributed by atoms with Crippen LogP contribution in [0.3, 0.4) is 0 Å². The van der Waals surface area contributed by atoms with Gasteiger partial charge in [-0.15, -0.1) is 0 Å². The molecule has 0 radical (unpaired) electrons. The average molecular weight is 193 g/mol. The Hall–Kier alpha value is -0.960. The zero-order valence-corrected chi connectivity index (χ0v) is 9.68. The van der Waals surface area contributed by atoms with Crippen molar-refractivity contribution in [2.75, 3.05) is 0 Å². The minimum Gasteiger partial charge on any atom is -0.319 e. The van der Waals surface area contributed by atoms with E-state index in [2.05, 4.69) is 9.97 Å². The molecule has 0 spiro atoms. The van der Waals surface area contributed by atoms with Crippen LogP contribution < -0.4 is 5.73 Å². The maximum atomic E-state index is 6.10. The lowest BCUT2D eigenvalue weighted by atomic mass is 9.99. The molecule has 1 unspecified atom stereocenters. The topological polar surface area (TPSA) is 51.8 Å². The summed E-state index contributed by atoms with van der Waals surface area (Å²) in [6.45, 7) is 10.1. The summed E-state index contributed by atoms with van der Waals surface area (Å²) in [4.78, 5) is 8.88. The van der Waals surface area contributed by atoms with Crippen LogP contribution in [-0.4, -0.2) is 9.97 Å². The Labute approximate surface area is 85.8 Å². The van der Waals surface area contributed by atoms with Gasteiger partial charge in [-0.25, -0.2) is 9.97 Å². The van der Waals surface area contributed by atoms with Crippen LogP contribution in [0.1, 0.15) is 43.0 Å². The molecule has 1 rings (SSSR count). The van der Waals surface area contributed by atoms with Gasteiger partial charge in [-0.2, -0.15) is 0 Å². The highest BCUT2D eigenvalue weighted by atomic mass is 15.0. The molecule has 1 aromatic heterocycles. The molecule has 0 saturated heterocycles. The molecule has 0 aliphatic rings. The molecule has 78 valence electrons. The highest BCUT2D eigenvalue weighted by Crippen LogP contribution is 2.19. The van der Waals surface area contributed by atoms with Crippen LogP contribution in [0, 0.1) is 20.8 Å². The van der Waals surface area contributed by atoms with Crippen LogP contribution in [-0.2, 0) is 5.54 Å². The van der Waals surface area contributed by atoms with Crippen molar-refractivity contribution in [1.82, 2.24) is 9.97 Å². The molecule has 0 saturated carbocycles. The van der Waals surface area contributed by atoms with Crippen molar-refractivity contribution in [3.8, 4) is 0 Å². The van der Waals surface area contributed by atoms with E-state index in [1.165, 1.54) is 0 Å². The van der Waals surface area contributed by atoms with E-state index >= 15 is 0 Å². The van der Waals surface area contributed by atoms with Crippen molar-refractivity contribution in [3.63, 3.8) is 0 Å². The molecule has 14 heavy (non-hydrogen) atoms. The molecule has 0 amide bonds. The molecule has 0 aliphatic carbocycles. The van der Waals surface area contributed by atoms with Gasteiger partial charge in [0.25, 0.3) is 0 Å². The van der Waals surface area contributed by atoms with Gasteiger partial charge in [0.15, 0.2) is 0 Å². The summed E-state index contributed by atoms with van der Waals surface area (Å²) in [5, 5.41) is 0. The number of rotatable bonds is 2. The summed E-state index contributed by atoms with van der Waals surface area (Å²) >= 11 is 0. The van der Waals surface area contributed by atoms with Gasteiger partial charge in [-0.1, -0.05) is 6.92 Å². The highest BCUT2D eigenvalue weighted by molar-refractivity contribution is 5.24. The Kier molecular flexibility index (Phi) is 2.90. The Morgan fingerprint density at radius 1 is 1.14 bits per heavy atom. The summed E-state index contributed by atoms with van der Waals surface area (Å²) in [5.74, 6) is 0.751. The Bertz CT molecular complexity index is 319. The van der Waals surface area contributed by atoms with Crippen LogP contribution in [0.5, 0.6) is 0 Å². The molecular weight excluding hydrogens is 174 g/mol. The zero-order chi connectivity index (χ0) is 10.9. The molecule has 0 fully saturated rings. The van der Waals surface area contributed by atoms with E-state index in [0.29, 0.717) is 0 Å². The largest absolute Gasteiger partial charge is 0.319 e. The number of nitrogens with zero attached hydrogens (tertiary/aromatic N) is 2. The second-order valence-electron chi connectivity index (χ2n) is 4.11. The number of hydrogen-bond acceptors (Lipinski definition) is 3. The minimum absolute atomic E-state index is 0.413. The lowest BCUT2D eigenvalue weighted by Crippen LogP contribution is -2.34. The predicted octanol–water partition coefficient (Wildman–Crippen LogP) is 1.99. The van der Waals surface area contributed by atoms with Gasteiger partial charge in [-0.3, -0.25) is 0 Å². The van der Waals surface area contributed by atoms with Crippen molar-refractivity contribution < 1.29 is 0 Å². The second kappa shape index (κ2) is 3.65. The SMILES string of the molecule is CCC(C)(N)c1nc(C)c(C)c(C)n1. The smallest absolute Gasteiger partial charge is 0.148 e. The molecule has 3 heteroatoms. The van der Waals surface area contributed by atoms with Gasteiger partial charge in [-0.05, 0) is 39.7 Å². The highest BCUT2D eigenvalue weighted by Gasteiger charge is 2.23. The van der Waals surface area contributed by atoms with Crippen LogP contribution in [0.2, 0.25) is 0 Å². The molecule has 1 heterocycles. The predicted molar refractivity (Wildman–Crippen MR) is 58.1 cm³/mol. The number of nitrogens with two attached hydrogens (primary N) is 1. The van der Waals surface area contributed by atoms with E-state index in [1.807, 2.05) is 34.6 Å². The first-order valence-corrected chi connectivity index (χ1v) is 4.99. The van der Waals surface area contributed by atoms with E-state index in [-0.39, 0.29) is 0 Å². The Morgan fingerprint density at radius 2 is 1.57 bits per heavy atom. The fraction of sp³-hybridized carbons (Fsp3) is 0.636. The number of aromatic nitrogens is 2. The summed E-state index contributed by atoms with van der Waals surface area (Å²) in [5.41, 5.74) is 8.89. The molecule has 0 aliphatic heterocycles. The van der Waals surface area contributed by atoms with Crippen molar-refractivity contribution in [2.45, 2.75) is 46.6 Å². The summed E-state index contributed by atoms with van der Waals surface area (Å²) in [7, 11) is 0. The fourth-order valence-electron chi connectivity index (χ4n) is 1.19. The first-order valence-electron chi connectivity index (χ1n) is 4.99. The van der Waals surface area contributed by atoms with Crippen molar-refractivity contribution in [1.29, 1.82) is 0 Å². The van der Waals surface area contributed by atoms with E-state index in [9.17, 15) is 0 Å². The number of hydrogen-bond donors (Lipinski definition) is 1. The molecule has 0 bridgehead atoms. The molecule has 2 N–H and O–H groups in total. The first kappa shape index (κ1) is 11.1. The van der Waals surface area contributed by atoms with Gasteiger partial charge < -0.3 is 5.73 Å². The third-order valence-corrected chi connectivity index (χ3v) is 2.88. The fourth-order valence-corrected chi connectivity index (χ4v) is 1.19. The van der Waals surface area contributed by atoms with Crippen molar-refractivity contribution in [2.24, 2.45) is 5.73 Å². The van der Waals surface area contributed by atoms with Crippen LogP contribution >= 0.6 is 0 Å². The monoisotopic (exact) mass is 193 g/mol. The van der Waals surface area contributed by atoms with E-state index < -0.39 is 5.54 Å². The van der Waals surface area contributed by atoms with E-state index in [1.54, 1.807) is 0 Å². The third kappa shape index (κ3) is 1.93. The second-order valence-corrected chi connectivity index (χ2v) is 4.11. The van der Waals surface area contributed by atoms with Gasteiger partial charge >= 0.3 is 0 Å². The lowest BCUT2D eigenvalue weighted by Gasteiger charge is -2.22. The van der Waals surface area contributed by atoms with E-state index in [4.69, 9.17) is 5.73 Å². The first-order chi connectivity index (χ1) is 6.38. The third-order valence-electron chi connectivity index (χ3n) is 2.88. The molecule has 1 aromatic rings. The maximum Gasteiger partial charge on any atom is 0.148 e. The van der Waals surface area contributed by atoms with Crippen molar-refractivity contribution >= 4 is 0 Å². The van der Waals surface area contributed by atoms with Crippen molar-refractivity contribution in [3.05, 3.63) is 22.8 Å². The summed E-state index contributed by atoms with van der Waals surface area (Å²) in [6, 6.07) is 0. The van der Waals surface area contributed by atoms with Crippen LogP contribution in [0.4, 0.5) is 0 Å². The standard InChI is InChI=1S/C11H19N3/c1-6-11(5,12)10-13-8(3)7(2)9(4)14-10/h6,12H2,1-5H3. The van der Waals surface area contributed by atoms with Gasteiger partial charge in [0, 0.05) is 11.4 Å². The van der Waals surface area contributed by atoms with E-state index in [0.717, 1.165) is 29.2 Å². The van der Waals surface area contributed by atoms with Gasteiger partial charge in [0.05, 0.1) is 5.54 Å². The Balaban J connectivity index is 3.26. The normalized spacial score (nSPS) is 15.3. The van der Waals surface area contributed by atoms with Gasteiger partial charge in [0.2, 0.25) is 0 Å². The maximum absolute atomic E-state index is 6.10. The minimum atomic E-state index is -0.413. The molecular formula is C11H19N3. The number of aryl methyl sites for hydroxylation is 2. The molecule has 1 atom stereocenters. The Morgan fingerprint density at radius 3 is 1.93 bits per heavy atom. The lowest BCUT2D eigenvalue weighted by molar-refractivity contribution is 0.442. The molecule has 0 aromatic carbocycles. The van der Waals surface area contributed by atoms with Crippen LogP contribution in [0.25, 0.3) is 0 Å². The van der Waals surface area contributed by atoms with Gasteiger partial charge in [0.1, 0.15) is 5.82 Å². The summed E-state index contributed by atoms with van der Waals surface area (Å²) < 4.78 is 0. The summed E-state index contributed by atoms with van der Waals surface area (Å²) in [6.07, 6.45) is 0.842. The molecule has 3 nitrogen and oxygen atoms in total.